The molecule has 0 radical (unpaired) electrons. The van der Waals surface area contributed by atoms with Gasteiger partial charge in [0.15, 0.2) is 0 Å². The predicted octanol–water partition coefficient (Wildman–Crippen LogP) is 3.50. The Kier molecular flexibility index (Phi) is 6.20. The molecule has 23 heavy (non-hydrogen) atoms. The fraction of sp³-hybridized carbons (Fsp3) is 0.526. The van der Waals surface area contributed by atoms with Crippen molar-refractivity contribution < 1.29 is 0 Å². The largest absolute Gasteiger partial charge is 0.316 e. The fourth-order valence-electron chi connectivity index (χ4n) is 3.30. The summed E-state index contributed by atoms with van der Waals surface area (Å²) in [5.41, 5.74) is 4.63. The molecule has 1 aliphatic rings. The van der Waals surface area contributed by atoms with E-state index in [1.807, 2.05) is 5.51 Å². The summed E-state index contributed by atoms with van der Waals surface area (Å²) >= 11 is 1.80. The minimum absolute atomic E-state index is 0.806. The summed E-state index contributed by atoms with van der Waals surface area (Å²) in [5.74, 6) is 0.806. The predicted molar refractivity (Wildman–Crippen MR) is 97.9 cm³/mol. The van der Waals surface area contributed by atoms with E-state index in [2.05, 4.69) is 52.5 Å². The van der Waals surface area contributed by atoms with Gasteiger partial charge in [-0.05, 0) is 57.3 Å². The van der Waals surface area contributed by atoms with Crippen LogP contribution in [-0.2, 0) is 13.0 Å². The molecule has 0 bridgehead atoms. The van der Waals surface area contributed by atoms with Gasteiger partial charge in [-0.3, -0.25) is 4.90 Å². The second-order valence-corrected chi connectivity index (χ2v) is 7.48. The molecule has 4 heteroatoms. The van der Waals surface area contributed by atoms with Crippen molar-refractivity contribution >= 4 is 11.3 Å². The number of aryl methyl sites for hydroxylation is 2. The number of benzene rings is 1. The highest BCUT2D eigenvalue weighted by Crippen LogP contribution is 2.18. The van der Waals surface area contributed by atoms with Crippen LogP contribution in [0.1, 0.15) is 29.0 Å². The average molecular weight is 330 g/mol. The Morgan fingerprint density at radius 1 is 1.30 bits per heavy atom. The molecule has 0 spiro atoms. The molecule has 1 N–H and O–H groups in total. The molecule has 0 saturated carbocycles. The molecule has 124 valence electrons. The Morgan fingerprint density at radius 3 is 2.87 bits per heavy atom. The standard InChI is InChI=1S/C19H27N3S/c1-16-19(23-15-21-16)14-22(13-18-9-10-20-12-18)11-5-8-17-6-3-2-4-7-17/h2-4,6-7,15,18,20H,5,8-14H2,1H3/t18-/m1/s1. The lowest BCUT2D eigenvalue weighted by Crippen LogP contribution is -2.31. The third kappa shape index (κ3) is 5.13. The van der Waals surface area contributed by atoms with Crippen molar-refractivity contribution in [2.24, 2.45) is 5.92 Å². The third-order valence-electron chi connectivity index (χ3n) is 4.67. The monoisotopic (exact) mass is 329 g/mol. The maximum Gasteiger partial charge on any atom is 0.0798 e. The molecule has 2 aromatic rings. The Hall–Kier alpha value is -1.23. The van der Waals surface area contributed by atoms with Gasteiger partial charge in [0, 0.05) is 18.0 Å². The maximum absolute atomic E-state index is 4.41. The molecule has 2 heterocycles. The lowest BCUT2D eigenvalue weighted by molar-refractivity contribution is 0.228. The number of hydrogen-bond donors (Lipinski definition) is 1. The zero-order valence-electron chi connectivity index (χ0n) is 14.0. The lowest BCUT2D eigenvalue weighted by atomic mass is 10.1. The first-order valence-corrected chi connectivity index (χ1v) is 9.55. The van der Waals surface area contributed by atoms with E-state index in [9.17, 15) is 0 Å². The second kappa shape index (κ2) is 8.57. The van der Waals surface area contributed by atoms with E-state index in [4.69, 9.17) is 0 Å². The molecular weight excluding hydrogens is 302 g/mol. The van der Waals surface area contributed by atoms with Crippen molar-refractivity contribution in [2.45, 2.75) is 32.7 Å². The summed E-state index contributed by atoms with van der Waals surface area (Å²) in [6, 6.07) is 10.8. The van der Waals surface area contributed by atoms with Crippen molar-refractivity contribution in [1.82, 2.24) is 15.2 Å². The Labute approximate surface area is 143 Å². The van der Waals surface area contributed by atoms with E-state index >= 15 is 0 Å². The van der Waals surface area contributed by atoms with Crippen molar-refractivity contribution in [3.8, 4) is 0 Å². The van der Waals surface area contributed by atoms with Crippen LogP contribution in [0.5, 0.6) is 0 Å². The first kappa shape index (κ1) is 16.6. The van der Waals surface area contributed by atoms with Gasteiger partial charge in [0.1, 0.15) is 0 Å². The minimum atomic E-state index is 0.806. The molecular formula is C19H27N3S. The average Bonchev–Trinajstić information content (AvgIpc) is 3.21. The quantitative estimate of drug-likeness (QED) is 0.803. The van der Waals surface area contributed by atoms with E-state index in [1.165, 1.54) is 61.6 Å². The van der Waals surface area contributed by atoms with E-state index < -0.39 is 0 Å². The Morgan fingerprint density at radius 2 is 2.17 bits per heavy atom. The molecule has 0 amide bonds. The maximum atomic E-state index is 4.41. The summed E-state index contributed by atoms with van der Waals surface area (Å²) < 4.78 is 0. The normalized spacial score (nSPS) is 17.9. The molecule has 1 aromatic carbocycles. The first-order valence-electron chi connectivity index (χ1n) is 8.67. The van der Waals surface area contributed by atoms with Crippen molar-refractivity contribution in [1.29, 1.82) is 0 Å². The molecule has 3 nitrogen and oxygen atoms in total. The highest BCUT2D eigenvalue weighted by molar-refractivity contribution is 7.09. The molecule has 1 fully saturated rings. The highest BCUT2D eigenvalue weighted by atomic mass is 32.1. The van der Waals surface area contributed by atoms with Crippen molar-refractivity contribution in [2.75, 3.05) is 26.2 Å². The first-order chi connectivity index (χ1) is 11.3. The van der Waals surface area contributed by atoms with Crippen LogP contribution in [0.25, 0.3) is 0 Å². The van der Waals surface area contributed by atoms with E-state index in [0.29, 0.717) is 0 Å². The number of aromatic nitrogens is 1. The highest BCUT2D eigenvalue weighted by Gasteiger charge is 2.19. The summed E-state index contributed by atoms with van der Waals surface area (Å²) in [7, 11) is 0. The van der Waals surface area contributed by atoms with Crippen LogP contribution in [0.3, 0.4) is 0 Å². The summed E-state index contributed by atoms with van der Waals surface area (Å²) in [4.78, 5) is 8.48. The van der Waals surface area contributed by atoms with Crippen LogP contribution < -0.4 is 5.32 Å². The molecule has 1 atom stereocenters. The van der Waals surface area contributed by atoms with Crippen molar-refractivity contribution in [3.63, 3.8) is 0 Å². The molecule has 1 aromatic heterocycles. The molecule has 0 aliphatic carbocycles. The van der Waals surface area contributed by atoms with Crippen LogP contribution >= 0.6 is 11.3 Å². The van der Waals surface area contributed by atoms with Gasteiger partial charge >= 0.3 is 0 Å². The third-order valence-corrected chi connectivity index (χ3v) is 5.59. The molecule has 3 rings (SSSR count). The molecule has 1 saturated heterocycles. The molecule has 0 unspecified atom stereocenters. The Bertz CT molecular complexity index is 575. The smallest absolute Gasteiger partial charge is 0.0798 e. The van der Waals surface area contributed by atoms with E-state index in [1.54, 1.807) is 11.3 Å². The molecule has 1 aliphatic heterocycles. The van der Waals surface area contributed by atoms with Crippen LogP contribution in [-0.4, -0.2) is 36.1 Å². The zero-order valence-corrected chi connectivity index (χ0v) is 14.8. The summed E-state index contributed by atoms with van der Waals surface area (Å²) in [5, 5.41) is 3.49. The fourth-order valence-corrected chi connectivity index (χ4v) is 4.12. The van der Waals surface area contributed by atoms with Crippen LogP contribution in [0, 0.1) is 12.8 Å². The lowest BCUT2D eigenvalue weighted by Gasteiger charge is -2.25. The minimum Gasteiger partial charge on any atom is -0.316 e. The van der Waals surface area contributed by atoms with E-state index in [0.717, 1.165) is 12.5 Å². The van der Waals surface area contributed by atoms with Gasteiger partial charge < -0.3 is 5.32 Å². The van der Waals surface area contributed by atoms with Gasteiger partial charge in [-0.1, -0.05) is 30.3 Å². The van der Waals surface area contributed by atoms with Crippen LogP contribution in [0.4, 0.5) is 0 Å². The number of nitrogens with zero attached hydrogens (tertiary/aromatic N) is 2. The van der Waals surface area contributed by atoms with E-state index in [-0.39, 0.29) is 0 Å². The van der Waals surface area contributed by atoms with Gasteiger partial charge in [-0.15, -0.1) is 11.3 Å². The van der Waals surface area contributed by atoms with Gasteiger partial charge in [-0.2, -0.15) is 0 Å². The zero-order chi connectivity index (χ0) is 15.9. The number of nitrogens with one attached hydrogen (secondary N) is 1. The Balaban J connectivity index is 1.54. The second-order valence-electron chi connectivity index (χ2n) is 6.54. The summed E-state index contributed by atoms with van der Waals surface area (Å²) in [6.07, 6.45) is 3.71. The van der Waals surface area contributed by atoms with Gasteiger partial charge in [0.2, 0.25) is 0 Å². The summed E-state index contributed by atoms with van der Waals surface area (Å²) in [6.45, 7) is 7.92. The number of hydrogen-bond acceptors (Lipinski definition) is 4. The number of thiazole rings is 1. The topological polar surface area (TPSA) is 28.2 Å². The SMILES string of the molecule is Cc1ncsc1CN(CCCc1ccccc1)C[C@@H]1CCNC1. The van der Waals surface area contributed by atoms with Gasteiger partial charge in [-0.25, -0.2) is 4.98 Å². The van der Waals surface area contributed by atoms with Crippen molar-refractivity contribution in [3.05, 3.63) is 52.0 Å². The van der Waals surface area contributed by atoms with Gasteiger partial charge in [0.05, 0.1) is 11.2 Å². The van der Waals surface area contributed by atoms with Crippen LogP contribution in [0.15, 0.2) is 35.8 Å². The van der Waals surface area contributed by atoms with Gasteiger partial charge in [0.25, 0.3) is 0 Å². The number of rotatable bonds is 8. The van der Waals surface area contributed by atoms with Crippen LogP contribution in [0.2, 0.25) is 0 Å².